The van der Waals surface area contributed by atoms with E-state index in [1.165, 1.54) is 0 Å². The fourth-order valence-electron chi connectivity index (χ4n) is 2.99. The van der Waals surface area contributed by atoms with E-state index in [2.05, 4.69) is 26.1 Å². The van der Waals surface area contributed by atoms with Gasteiger partial charge in [-0.1, -0.05) is 20.8 Å². The van der Waals surface area contributed by atoms with Gasteiger partial charge in [0, 0.05) is 38.3 Å². The zero-order chi connectivity index (χ0) is 18.7. The van der Waals surface area contributed by atoms with Gasteiger partial charge in [0.2, 0.25) is 6.79 Å². The van der Waals surface area contributed by atoms with E-state index < -0.39 is 0 Å². The van der Waals surface area contributed by atoms with Crippen molar-refractivity contribution in [2.45, 2.75) is 27.2 Å². The summed E-state index contributed by atoms with van der Waals surface area (Å²) in [5.41, 5.74) is 0.628. The van der Waals surface area contributed by atoms with Crippen LogP contribution in [0.2, 0.25) is 0 Å². The van der Waals surface area contributed by atoms with E-state index in [4.69, 9.17) is 9.47 Å². The lowest BCUT2D eigenvalue weighted by Crippen LogP contribution is -2.44. The first-order chi connectivity index (χ1) is 12.3. The lowest BCUT2D eigenvalue weighted by atomic mass is 9.97. The Morgan fingerprint density at radius 3 is 2.50 bits per heavy atom. The van der Waals surface area contributed by atoms with Crippen LogP contribution in [0.1, 0.15) is 37.6 Å². The standard InChI is InChI=1S/C19H27N3O4/c1-19(2,3)12-20-18(24)22-8-4-7-21(9-10-22)17(23)14-5-6-15-16(11-14)26-13-25-15/h5-6,11H,4,7-10,12-13H2,1-3H3,(H,20,24). The van der Waals surface area contributed by atoms with E-state index in [1.54, 1.807) is 28.0 Å². The number of nitrogens with zero attached hydrogens (tertiary/aromatic N) is 2. The van der Waals surface area contributed by atoms with E-state index in [9.17, 15) is 9.59 Å². The number of benzene rings is 1. The summed E-state index contributed by atoms with van der Waals surface area (Å²) in [5, 5.41) is 2.98. The first-order valence-corrected chi connectivity index (χ1v) is 9.05. The first-order valence-electron chi connectivity index (χ1n) is 9.05. The fraction of sp³-hybridized carbons (Fsp3) is 0.579. The molecule has 3 rings (SSSR count). The third-order valence-corrected chi connectivity index (χ3v) is 4.46. The Balaban J connectivity index is 1.58. The van der Waals surface area contributed by atoms with Gasteiger partial charge in [0.1, 0.15) is 0 Å². The largest absolute Gasteiger partial charge is 0.454 e. The minimum atomic E-state index is -0.0581. The Morgan fingerprint density at radius 1 is 1.04 bits per heavy atom. The van der Waals surface area contributed by atoms with Gasteiger partial charge in [0.25, 0.3) is 5.91 Å². The quantitative estimate of drug-likeness (QED) is 0.878. The number of fused-ring (bicyclic) bond motifs is 1. The molecule has 7 heteroatoms. The average molecular weight is 361 g/mol. The van der Waals surface area contributed by atoms with Crippen LogP contribution in [0, 0.1) is 5.41 Å². The molecule has 1 aromatic carbocycles. The minimum Gasteiger partial charge on any atom is -0.454 e. The predicted molar refractivity (Wildman–Crippen MR) is 97.5 cm³/mol. The summed E-state index contributed by atoms with van der Waals surface area (Å²) in [6, 6.07) is 5.19. The molecule has 1 saturated heterocycles. The number of nitrogens with one attached hydrogen (secondary N) is 1. The van der Waals surface area contributed by atoms with Crippen molar-refractivity contribution in [3.05, 3.63) is 23.8 Å². The van der Waals surface area contributed by atoms with Gasteiger partial charge in [-0.05, 0) is 30.0 Å². The van der Waals surface area contributed by atoms with Crippen molar-refractivity contribution in [1.29, 1.82) is 0 Å². The van der Waals surface area contributed by atoms with Gasteiger partial charge in [0.05, 0.1) is 0 Å². The van der Waals surface area contributed by atoms with Gasteiger partial charge in [-0.2, -0.15) is 0 Å². The van der Waals surface area contributed by atoms with Crippen LogP contribution < -0.4 is 14.8 Å². The monoisotopic (exact) mass is 361 g/mol. The molecule has 0 saturated carbocycles. The molecule has 0 aromatic heterocycles. The number of carbonyl (C=O) groups excluding carboxylic acids is 2. The molecule has 1 N–H and O–H groups in total. The second kappa shape index (κ2) is 7.43. The Labute approximate surface area is 154 Å². The maximum Gasteiger partial charge on any atom is 0.317 e. The molecular weight excluding hydrogens is 334 g/mol. The molecule has 142 valence electrons. The number of ether oxygens (including phenoxy) is 2. The Hall–Kier alpha value is -2.44. The zero-order valence-corrected chi connectivity index (χ0v) is 15.7. The summed E-state index contributed by atoms with van der Waals surface area (Å²) >= 11 is 0. The fourth-order valence-corrected chi connectivity index (χ4v) is 2.99. The van der Waals surface area contributed by atoms with Crippen LogP contribution in [-0.2, 0) is 0 Å². The van der Waals surface area contributed by atoms with Gasteiger partial charge < -0.3 is 24.6 Å². The molecule has 1 aromatic rings. The van der Waals surface area contributed by atoms with Crippen molar-refractivity contribution in [3.8, 4) is 11.5 Å². The average Bonchev–Trinajstić information content (AvgIpc) is 2.93. The van der Waals surface area contributed by atoms with E-state index in [-0.39, 0.29) is 24.1 Å². The van der Waals surface area contributed by atoms with Gasteiger partial charge in [0.15, 0.2) is 11.5 Å². The third kappa shape index (κ3) is 4.39. The highest BCUT2D eigenvalue weighted by Crippen LogP contribution is 2.32. The van der Waals surface area contributed by atoms with Crippen molar-refractivity contribution in [2.24, 2.45) is 5.41 Å². The molecule has 0 aliphatic carbocycles. The summed E-state index contributed by atoms with van der Waals surface area (Å²) in [6.07, 6.45) is 0.763. The second-order valence-corrected chi connectivity index (χ2v) is 7.92. The molecule has 0 atom stereocenters. The van der Waals surface area contributed by atoms with Crippen LogP contribution in [0.4, 0.5) is 4.79 Å². The molecule has 3 amide bonds. The van der Waals surface area contributed by atoms with Crippen molar-refractivity contribution in [2.75, 3.05) is 39.5 Å². The Kier molecular flexibility index (Phi) is 5.25. The highest BCUT2D eigenvalue weighted by Gasteiger charge is 2.25. The number of hydrogen-bond acceptors (Lipinski definition) is 4. The van der Waals surface area contributed by atoms with Gasteiger partial charge in [-0.3, -0.25) is 4.79 Å². The lowest BCUT2D eigenvalue weighted by molar-refractivity contribution is 0.0762. The number of rotatable bonds is 2. The maximum absolute atomic E-state index is 12.8. The van der Waals surface area contributed by atoms with Crippen molar-refractivity contribution in [3.63, 3.8) is 0 Å². The van der Waals surface area contributed by atoms with Crippen LogP contribution in [0.25, 0.3) is 0 Å². The number of amides is 3. The summed E-state index contributed by atoms with van der Waals surface area (Å²) in [4.78, 5) is 28.7. The van der Waals surface area contributed by atoms with E-state index in [0.29, 0.717) is 49.8 Å². The second-order valence-electron chi connectivity index (χ2n) is 7.92. The van der Waals surface area contributed by atoms with Crippen molar-refractivity contribution >= 4 is 11.9 Å². The lowest BCUT2D eigenvalue weighted by Gasteiger charge is -2.25. The SMILES string of the molecule is CC(C)(C)CNC(=O)N1CCCN(C(=O)c2ccc3c(c2)OCO3)CC1. The maximum atomic E-state index is 12.8. The smallest absolute Gasteiger partial charge is 0.317 e. The normalized spacial score (nSPS) is 17.0. The van der Waals surface area contributed by atoms with Crippen molar-refractivity contribution < 1.29 is 19.1 Å². The highest BCUT2D eigenvalue weighted by atomic mass is 16.7. The summed E-state index contributed by atoms with van der Waals surface area (Å²) in [6.45, 7) is 9.42. The molecule has 26 heavy (non-hydrogen) atoms. The molecule has 0 spiro atoms. The molecule has 0 radical (unpaired) electrons. The summed E-state index contributed by atoms with van der Waals surface area (Å²) < 4.78 is 10.6. The van der Waals surface area contributed by atoms with E-state index in [0.717, 1.165) is 6.42 Å². The molecule has 0 bridgehead atoms. The van der Waals surface area contributed by atoms with E-state index >= 15 is 0 Å². The first kappa shape index (κ1) is 18.4. The van der Waals surface area contributed by atoms with E-state index in [1.807, 2.05) is 0 Å². The van der Waals surface area contributed by atoms with Crippen molar-refractivity contribution in [1.82, 2.24) is 15.1 Å². The molecule has 0 unspecified atom stereocenters. The number of hydrogen-bond donors (Lipinski definition) is 1. The molecule has 1 fully saturated rings. The molecule has 7 nitrogen and oxygen atoms in total. The van der Waals surface area contributed by atoms with Gasteiger partial charge in [-0.15, -0.1) is 0 Å². The highest BCUT2D eigenvalue weighted by molar-refractivity contribution is 5.95. The van der Waals surface area contributed by atoms with Gasteiger partial charge >= 0.3 is 6.03 Å². The topological polar surface area (TPSA) is 71.1 Å². The molecule has 2 heterocycles. The van der Waals surface area contributed by atoms with Crippen LogP contribution in [0.15, 0.2) is 18.2 Å². The van der Waals surface area contributed by atoms with Crippen LogP contribution >= 0.6 is 0 Å². The number of urea groups is 1. The molecular formula is C19H27N3O4. The third-order valence-electron chi connectivity index (χ3n) is 4.46. The minimum absolute atomic E-state index is 0.0414. The summed E-state index contributed by atoms with van der Waals surface area (Å²) in [7, 11) is 0. The Morgan fingerprint density at radius 2 is 1.73 bits per heavy atom. The molecule has 2 aliphatic heterocycles. The van der Waals surface area contributed by atoms with Crippen LogP contribution in [0.5, 0.6) is 11.5 Å². The van der Waals surface area contributed by atoms with Gasteiger partial charge in [-0.25, -0.2) is 4.79 Å². The van der Waals surface area contributed by atoms with Crippen LogP contribution in [0.3, 0.4) is 0 Å². The Bertz CT molecular complexity index is 684. The zero-order valence-electron chi connectivity index (χ0n) is 15.7. The summed E-state index contributed by atoms with van der Waals surface area (Å²) in [5.74, 6) is 1.23. The molecule has 2 aliphatic rings. The number of carbonyl (C=O) groups is 2. The predicted octanol–water partition coefficient (Wildman–Crippen LogP) is 2.32. The van der Waals surface area contributed by atoms with Crippen LogP contribution in [-0.4, -0.2) is 61.3 Å².